The molecule has 1 aromatic carbocycles. The van der Waals surface area contributed by atoms with Crippen LogP contribution in [-0.2, 0) is 13.1 Å². The summed E-state index contributed by atoms with van der Waals surface area (Å²) in [6, 6.07) is 10.6. The van der Waals surface area contributed by atoms with E-state index in [0.717, 1.165) is 17.0 Å². The van der Waals surface area contributed by atoms with E-state index in [4.69, 9.17) is 8.83 Å². The largest absolute Gasteiger partial charge is 0.508 e. The Bertz CT molecular complexity index is 687. The molecular formula is C16H16N2O3. The van der Waals surface area contributed by atoms with Gasteiger partial charge in [0.15, 0.2) is 0 Å². The minimum Gasteiger partial charge on any atom is -0.508 e. The van der Waals surface area contributed by atoms with E-state index >= 15 is 0 Å². The molecule has 0 fully saturated rings. The Kier molecular flexibility index (Phi) is 3.75. The molecule has 2 aromatic heterocycles. The Morgan fingerprint density at radius 2 is 1.90 bits per heavy atom. The first kappa shape index (κ1) is 13.5. The van der Waals surface area contributed by atoms with Crippen molar-refractivity contribution in [3.8, 4) is 17.2 Å². The van der Waals surface area contributed by atoms with E-state index in [1.54, 1.807) is 36.8 Å². The highest BCUT2D eigenvalue weighted by atomic mass is 16.3. The maximum absolute atomic E-state index is 9.28. The SMILES string of the molecule is CN(Cc1coc(-c2ccc(O)cc2)n1)Cc1ccco1. The highest BCUT2D eigenvalue weighted by Gasteiger charge is 2.10. The molecule has 0 spiro atoms. The summed E-state index contributed by atoms with van der Waals surface area (Å²) in [5.41, 5.74) is 1.69. The fraction of sp³-hybridized carbons (Fsp3) is 0.188. The summed E-state index contributed by atoms with van der Waals surface area (Å²) in [7, 11) is 2.00. The van der Waals surface area contributed by atoms with Crippen molar-refractivity contribution < 1.29 is 13.9 Å². The number of hydrogen-bond donors (Lipinski definition) is 1. The number of aromatic nitrogens is 1. The quantitative estimate of drug-likeness (QED) is 0.779. The summed E-state index contributed by atoms with van der Waals surface area (Å²) in [5.74, 6) is 1.69. The number of rotatable bonds is 5. The van der Waals surface area contributed by atoms with Gasteiger partial charge in [-0.05, 0) is 43.4 Å². The monoisotopic (exact) mass is 284 g/mol. The minimum absolute atomic E-state index is 0.226. The molecule has 3 aromatic rings. The summed E-state index contributed by atoms with van der Waals surface area (Å²) < 4.78 is 10.8. The lowest BCUT2D eigenvalue weighted by Gasteiger charge is -2.12. The number of hydrogen-bond acceptors (Lipinski definition) is 5. The van der Waals surface area contributed by atoms with Gasteiger partial charge in [-0.15, -0.1) is 0 Å². The summed E-state index contributed by atoms with van der Waals surface area (Å²) in [6.45, 7) is 1.39. The Hall–Kier alpha value is -2.53. The van der Waals surface area contributed by atoms with Crippen molar-refractivity contribution >= 4 is 0 Å². The molecule has 5 heteroatoms. The molecule has 1 N–H and O–H groups in total. The smallest absolute Gasteiger partial charge is 0.226 e. The molecule has 0 aliphatic heterocycles. The molecule has 0 atom stereocenters. The minimum atomic E-state index is 0.226. The molecule has 0 radical (unpaired) electrons. The Labute approximate surface area is 122 Å². The molecule has 0 saturated heterocycles. The third-order valence-electron chi connectivity index (χ3n) is 3.10. The van der Waals surface area contributed by atoms with Gasteiger partial charge in [0, 0.05) is 12.1 Å². The van der Waals surface area contributed by atoms with Gasteiger partial charge in [-0.3, -0.25) is 4.90 Å². The lowest BCUT2D eigenvalue weighted by molar-refractivity contribution is 0.284. The van der Waals surface area contributed by atoms with Gasteiger partial charge >= 0.3 is 0 Å². The molecule has 0 amide bonds. The van der Waals surface area contributed by atoms with E-state index in [1.165, 1.54) is 0 Å². The highest BCUT2D eigenvalue weighted by Crippen LogP contribution is 2.21. The van der Waals surface area contributed by atoms with E-state index < -0.39 is 0 Å². The van der Waals surface area contributed by atoms with Crippen LogP contribution in [0.15, 0.2) is 57.8 Å². The van der Waals surface area contributed by atoms with Crippen LogP contribution in [0.4, 0.5) is 0 Å². The summed E-state index contributed by atoms with van der Waals surface area (Å²) in [4.78, 5) is 6.55. The molecule has 2 heterocycles. The fourth-order valence-electron chi connectivity index (χ4n) is 2.12. The van der Waals surface area contributed by atoms with E-state index in [-0.39, 0.29) is 5.75 Å². The molecule has 0 aliphatic rings. The van der Waals surface area contributed by atoms with E-state index in [0.29, 0.717) is 19.0 Å². The van der Waals surface area contributed by atoms with E-state index in [2.05, 4.69) is 9.88 Å². The maximum atomic E-state index is 9.28. The lowest BCUT2D eigenvalue weighted by Crippen LogP contribution is -2.17. The third kappa shape index (κ3) is 3.32. The number of phenolic OH excluding ortho intramolecular Hbond substituents is 1. The number of benzene rings is 1. The molecule has 0 saturated carbocycles. The van der Waals surface area contributed by atoms with Crippen LogP contribution in [-0.4, -0.2) is 22.0 Å². The van der Waals surface area contributed by atoms with Crippen molar-refractivity contribution in [2.75, 3.05) is 7.05 Å². The van der Waals surface area contributed by atoms with Gasteiger partial charge in [0.1, 0.15) is 17.8 Å². The molecule has 5 nitrogen and oxygen atoms in total. The normalized spacial score (nSPS) is 11.1. The number of aromatic hydroxyl groups is 1. The first-order chi connectivity index (χ1) is 10.2. The summed E-state index contributed by atoms with van der Waals surface area (Å²) in [5, 5.41) is 9.28. The topological polar surface area (TPSA) is 62.6 Å². The first-order valence-corrected chi connectivity index (χ1v) is 6.65. The summed E-state index contributed by atoms with van der Waals surface area (Å²) in [6.07, 6.45) is 3.32. The molecular weight excluding hydrogens is 268 g/mol. The van der Waals surface area contributed by atoms with Crippen molar-refractivity contribution in [3.63, 3.8) is 0 Å². The molecule has 3 rings (SSSR count). The van der Waals surface area contributed by atoms with Crippen LogP contribution in [0.2, 0.25) is 0 Å². The maximum Gasteiger partial charge on any atom is 0.226 e. The first-order valence-electron chi connectivity index (χ1n) is 6.65. The van der Waals surface area contributed by atoms with Crippen LogP contribution >= 0.6 is 0 Å². The van der Waals surface area contributed by atoms with Crippen molar-refractivity contribution in [2.45, 2.75) is 13.1 Å². The second kappa shape index (κ2) is 5.85. The van der Waals surface area contributed by atoms with Crippen LogP contribution < -0.4 is 0 Å². The number of oxazole rings is 1. The van der Waals surface area contributed by atoms with Gasteiger partial charge in [0.25, 0.3) is 0 Å². The number of furan rings is 1. The van der Waals surface area contributed by atoms with Gasteiger partial charge in [-0.25, -0.2) is 4.98 Å². The molecule has 0 aliphatic carbocycles. The van der Waals surface area contributed by atoms with Crippen LogP contribution in [0, 0.1) is 0 Å². The van der Waals surface area contributed by atoms with Crippen LogP contribution in [0.25, 0.3) is 11.5 Å². The van der Waals surface area contributed by atoms with Gasteiger partial charge < -0.3 is 13.9 Å². The zero-order chi connectivity index (χ0) is 14.7. The fourth-order valence-corrected chi connectivity index (χ4v) is 2.12. The Morgan fingerprint density at radius 3 is 2.62 bits per heavy atom. The summed E-state index contributed by atoms with van der Waals surface area (Å²) >= 11 is 0. The third-order valence-corrected chi connectivity index (χ3v) is 3.10. The van der Waals surface area contributed by atoms with Crippen molar-refractivity contribution in [2.24, 2.45) is 0 Å². The predicted molar refractivity (Wildman–Crippen MR) is 77.5 cm³/mol. The van der Waals surface area contributed by atoms with Gasteiger partial charge in [-0.1, -0.05) is 0 Å². The molecule has 0 bridgehead atoms. The zero-order valence-corrected chi connectivity index (χ0v) is 11.7. The predicted octanol–water partition coefficient (Wildman–Crippen LogP) is 3.27. The van der Waals surface area contributed by atoms with Gasteiger partial charge in [0.05, 0.1) is 18.5 Å². The number of nitrogens with zero attached hydrogens (tertiary/aromatic N) is 2. The highest BCUT2D eigenvalue weighted by molar-refractivity contribution is 5.54. The molecule has 108 valence electrons. The van der Waals surface area contributed by atoms with Crippen molar-refractivity contribution in [1.82, 2.24) is 9.88 Å². The van der Waals surface area contributed by atoms with E-state index in [1.807, 2.05) is 19.2 Å². The van der Waals surface area contributed by atoms with E-state index in [9.17, 15) is 5.11 Å². The van der Waals surface area contributed by atoms with Crippen molar-refractivity contribution in [1.29, 1.82) is 0 Å². The Balaban J connectivity index is 1.66. The van der Waals surface area contributed by atoms with Gasteiger partial charge in [0.2, 0.25) is 5.89 Å². The Morgan fingerprint density at radius 1 is 1.10 bits per heavy atom. The standard InChI is InChI=1S/C16H16N2O3/c1-18(10-15-3-2-8-20-15)9-13-11-21-16(17-13)12-4-6-14(19)7-5-12/h2-8,11,19H,9-10H2,1H3. The number of phenols is 1. The van der Waals surface area contributed by atoms with Crippen LogP contribution in [0.3, 0.4) is 0 Å². The molecule has 0 unspecified atom stereocenters. The van der Waals surface area contributed by atoms with Crippen molar-refractivity contribution in [3.05, 3.63) is 60.4 Å². The second-order valence-corrected chi connectivity index (χ2v) is 4.94. The van der Waals surface area contributed by atoms with Crippen LogP contribution in [0.5, 0.6) is 5.75 Å². The second-order valence-electron chi connectivity index (χ2n) is 4.94. The zero-order valence-electron chi connectivity index (χ0n) is 11.7. The average molecular weight is 284 g/mol. The average Bonchev–Trinajstić information content (AvgIpc) is 3.11. The van der Waals surface area contributed by atoms with Crippen LogP contribution in [0.1, 0.15) is 11.5 Å². The van der Waals surface area contributed by atoms with Gasteiger partial charge in [-0.2, -0.15) is 0 Å². The molecule has 21 heavy (non-hydrogen) atoms. The lowest BCUT2D eigenvalue weighted by atomic mass is 10.2.